The number of hydrogen-bond donors (Lipinski definition) is 1. The predicted octanol–water partition coefficient (Wildman–Crippen LogP) is 1.83. The summed E-state index contributed by atoms with van der Waals surface area (Å²) in [5, 5.41) is 0. The molecule has 1 unspecified atom stereocenters. The maximum absolute atomic E-state index is 5.81. The van der Waals surface area contributed by atoms with E-state index in [1.165, 1.54) is 30.6 Å². The smallest absolute Gasteiger partial charge is 0.107 e. The fourth-order valence-corrected chi connectivity index (χ4v) is 2.94. The Morgan fingerprint density at radius 1 is 1.54 bits per heavy atom. The van der Waals surface area contributed by atoms with Crippen LogP contribution in [-0.4, -0.2) is 6.54 Å². The van der Waals surface area contributed by atoms with Gasteiger partial charge in [0.2, 0.25) is 0 Å². The lowest BCUT2D eigenvalue weighted by atomic mass is 9.75. The average Bonchev–Trinajstić information content (AvgIpc) is 2.78. The van der Waals surface area contributed by atoms with Gasteiger partial charge in [0.1, 0.15) is 5.76 Å². The molecule has 0 bridgehead atoms. The molecule has 1 spiro atoms. The molecule has 2 nitrogen and oxygen atoms in total. The van der Waals surface area contributed by atoms with Crippen LogP contribution in [-0.2, 0) is 11.8 Å². The van der Waals surface area contributed by atoms with Crippen molar-refractivity contribution >= 4 is 0 Å². The van der Waals surface area contributed by atoms with Crippen molar-refractivity contribution in [2.24, 2.45) is 11.7 Å². The summed E-state index contributed by atoms with van der Waals surface area (Å²) in [6.45, 7) is 0.838. The Hall–Kier alpha value is -0.760. The second-order valence-corrected chi connectivity index (χ2v) is 4.38. The van der Waals surface area contributed by atoms with Gasteiger partial charge in [-0.3, -0.25) is 0 Å². The van der Waals surface area contributed by atoms with Crippen molar-refractivity contribution in [3.05, 3.63) is 23.7 Å². The molecule has 2 aliphatic carbocycles. The van der Waals surface area contributed by atoms with E-state index in [4.69, 9.17) is 10.2 Å². The maximum Gasteiger partial charge on any atom is 0.107 e. The highest BCUT2D eigenvalue weighted by molar-refractivity contribution is 5.37. The summed E-state index contributed by atoms with van der Waals surface area (Å²) in [7, 11) is 0. The van der Waals surface area contributed by atoms with Crippen LogP contribution >= 0.6 is 0 Å². The molecule has 2 heteroatoms. The number of fused-ring (bicyclic) bond motifs is 2. The van der Waals surface area contributed by atoms with Crippen LogP contribution in [0, 0.1) is 5.92 Å². The highest BCUT2D eigenvalue weighted by atomic mass is 16.3. The molecule has 0 radical (unpaired) electrons. The van der Waals surface area contributed by atoms with Gasteiger partial charge in [-0.15, -0.1) is 0 Å². The highest BCUT2D eigenvalue weighted by Gasteiger charge is 2.53. The second-order valence-electron chi connectivity index (χ2n) is 4.38. The zero-order valence-electron chi connectivity index (χ0n) is 7.75. The van der Waals surface area contributed by atoms with Crippen molar-refractivity contribution in [2.45, 2.75) is 31.1 Å². The molecule has 0 amide bonds. The normalized spacial score (nSPS) is 28.8. The van der Waals surface area contributed by atoms with Gasteiger partial charge in [0.25, 0.3) is 0 Å². The van der Waals surface area contributed by atoms with E-state index in [9.17, 15) is 0 Å². The van der Waals surface area contributed by atoms with Gasteiger partial charge < -0.3 is 10.2 Å². The van der Waals surface area contributed by atoms with Gasteiger partial charge in [0.05, 0.1) is 6.26 Å². The quantitative estimate of drug-likeness (QED) is 0.710. The van der Waals surface area contributed by atoms with Crippen LogP contribution in [0.4, 0.5) is 0 Å². The number of hydrogen-bond acceptors (Lipinski definition) is 2. The Morgan fingerprint density at radius 3 is 3.08 bits per heavy atom. The van der Waals surface area contributed by atoms with Crippen LogP contribution in [0.15, 0.2) is 16.7 Å². The summed E-state index contributed by atoms with van der Waals surface area (Å²) in [5.74, 6) is 1.93. The fraction of sp³-hybridized carbons (Fsp3) is 0.636. The molecule has 1 fully saturated rings. The van der Waals surface area contributed by atoms with Crippen molar-refractivity contribution in [3.63, 3.8) is 0 Å². The summed E-state index contributed by atoms with van der Waals surface area (Å²) >= 11 is 0. The zero-order valence-corrected chi connectivity index (χ0v) is 7.75. The molecule has 1 aromatic rings. The van der Waals surface area contributed by atoms with E-state index >= 15 is 0 Å². The molecule has 3 rings (SSSR count). The van der Waals surface area contributed by atoms with E-state index in [0.717, 1.165) is 13.0 Å². The molecular weight excluding hydrogens is 162 g/mol. The number of aryl methyl sites for hydroxylation is 1. The molecule has 2 aliphatic rings. The minimum absolute atomic E-state index is 0.440. The Morgan fingerprint density at radius 2 is 2.38 bits per heavy atom. The summed E-state index contributed by atoms with van der Waals surface area (Å²) in [6, 6.07) is 2.16. The molecule has 0 aromatic carbocycles. The molecule has 0 aliphatic heterocycles. The second kappa shape index (κ2) is 2.38. The standard InChI is InChI=1S/C11H15NO/c12-7-8-1-2-10-9(3-6-13-10)11(8)4-5-11/h3,6,8H,1-2,4-5,7,12H2. The molecule has 1 aromatic heterocycles. The summed E-state index contributed by atoms with van der Waals surface area (Å²) in [6.07, 6.45) is 6.79. The minimum Gasteiger partial charge on any atom is -0.469 e. The van der Waals surface area contributed by atoms with Gasteiger partial charge in [0, 0.05) is 11.8 Å². The molecule has 0 saturated heterocycles. The third kappa shape index (κ3) is 0.869. The topological polar surface area (TPSA) is 39.2 Å². The van der Waals surface area contributed by atoms with Crippen LogP contribution in [0.25, 0.3) is 0 Å². The van der Waals surface area contributed by atoms with Crippen LogP contribution in [0.5, 0.6) is 0 Å². The van der Waals surface area contributed by atoms with E-state index in [-0.39, 0.29) is 0 Å². The van der Waals surface area contributed by atoms with Gasteiger partial charge in [-0.2, -0.15) is 0 Å². The van der Waals surface area contributed by atoms with Gasteiger partial charge in [-0.1, -0.05) is 0 Å². The van der Waals surface area contributed by atoms with Crippen molar-refractivity contribution in [2.75, 3.05) is 6.54 Å². The third-order valence-corrected chi connectivity index (χ3v) is 3.86. The lowest BCUT2D eigenvalue weighted by molar-refractivity contribution is 0.334. The minimum atomic E-state index is 0.440. The Balaban J connectivity index is 2.06. The summed E-state index contributed by atoms with van der Waals surface area (Å²) < 4.78 is 5.48. The Labute approximate surface area is 78.1 Å². The molecule has 2 N–H and O–H groups in total. The van der Waals surface area contributed by atoms with E-state index in [2.05, 4.69) is 6.07 Å². The van der Waals surface area contributed by atoms with Crippen LogP contribution < -0.4 is 5.73 Å². The van der Waals surface area contributed by atoms with Crippen LogP contribution in [0.2, 0.25) is 0 Å². The first-order chi connectivity index (χ1) is 6.37. The van der Waals surface area contributed by atoms with E-state index < -0.39 is 0 Å². The number of furan rings is 1. The number of nitrogens with two attached hydrogens (primary N) is 1. The van der Waals surface area contributed by atoms with E-state index in [0.29, 0.717) is 11.3 Å². The van der Waals surface area contributed by atoms with Gasteiger partial charge >= 0.3 is 0 Å². The van der Waals surface area contributed by atoms with Gasteiger partial charge in [0.15, 0.2) is 0 Å². The fourth-order valence-electron chi connectivity index (χ4n) is 2.94. The largest absolute Gasteiger partial charge is 0.469 e. The van der Waals surface area contributed by atoms with Crippen LogP contribution in [0.3, 0.4) is 0 Å². The Bertz CT molecular complexity index is 325. The summed E-state index contributed by atoms with van der Waals surface area (Å²) in [4.78, 5) is 0. The van der Waals surface area contributed by atoms with Gasteiger partial charge in [-0.05, 0) is 43.4 Å². The van der Waals surface area contributed by atoms with Crippen molar-refractivity contribution in [3.8, 4) is 0 Å². The SMILES string of the molecule is NCC1CCc2occc2C12CC2. The van der Waals surface area contributed by atoms with E-state index in [1.54, 1.807) is 0 Å². The Kier molecular flexibility index (Phi) is 1.40. The molecule has 13 heavy (non-hydrogen) atoms. The lowest BCUT2D eigenvalue weighted by Gasteiger charge is -2.30. The average molecular weight is 177 g/mol. The first-order valence-electron chi connectivity index (χ1n) is 5.14. The van der Waals surface area contributed by atoms with Crippen LogP contribution in [0.1, 0.15) is 30.6 Å². The molecule has 70 valence electrons. The molecule has 1 heterocycles. The van der Waals surface area contributed by atoms with Crippen molar-refractivity contribution in [1.29, 1.82) is 0 Å². The van der Waals surface area contributed by atoms with Crippen molar-refractivity contribution in [1.82, 2.24) is 0 Å². The molecule has 1 saturated carbocycles. The molecule has 1 atom stereocenters. The third-order valence-electron chi connectivity index (χ3n) is 3.86. The zero-order chi connectivity index (χ0) is 8.89. The first-order valence-corrected chi connectivity index (χ1v) is 5.14. The first kappa shape index (κ1) is 7.63. The monoisotopic (exact) mass is 177 g/mol. The highest BCUT2D eigenvalue weighted by Crippen LogP contribution is 2.58. The van der Waals surface area contributed by atoms with Gasteiger partial charge in [-0.25, -0.2) is 0 Å². The predicted molar refractivity (Wildman–Crippen MR) is 50.5 cm³/mol. The summed E-state index contributed by atoms with van der Waals surface area (Å²) in [5.41, 5.74) is 7.72. The maximum atomic E-state index is 5.81. The number of rotatable bonds is 1. The van der Waals surface area contributed by atoms with E-state index in [1.807, 2.05) is 6.26 Å². The van der Waals surface area contributed by atoms with Crippen molar-refractivity contribution < 1.29 is 4.42 Å². The lowest BCUT2D eigenvalue weighted by Crippen LogP contribution is -2.32. The molecular formula is C11H15NO.